The van der Waals surface area contributed by atoms with Crippen LogP contribution in [0.25, 0.3) is 0 Å². The first kappa shape index (κ1) is 18.9. The van der Waals surface area contributed by atoms with E-state index in [1.54, 1.807) is 17.0 Å². The van der Waals surface area contributed by atoms with E-state index in [0.29, 0.717) is 38.6 Å². The van der Waals surface area contributed by atoms with E-state index in [9.17, 15) is 14.0 Å². The maximum atomic E-state index is 13.4. The molecule has 1 aromatic rings. The van der Waals surface area contributed by atoms with Gasteiger partial charge in [-0.05, 0) is 74.0 Å². The minimum Gasteiger partial charge on any atom is -0.339 e. The summed E-state index contributed by atoms with van der Waals surface area (Å²) in [7, 11) is 0. The molecule has 5 fully saturated rings. The molecule has 6 heteroatoms. The number of piperazine rings is 1. The van der Waals surface area contributed by atoms with Crippen LogP contribution in [0.3, 0.4) is 0 Å². The van der Waals surface area contributed by atoms with Crippen LogP contribution in [0.2, 0.25) is 0 Å². The normalized spacial score (nSPS) is 33.1. The van der Waals surface area contributed by atoms with Crippen LogP contribution < -0.4 is 5.32 Å². The second kappa shape index (κ2) is 7.29. The first-order valence-electron chi connectivity index (χ1n) is 11.1. The lowest BCUT2D eigenvalue weighted by Gasteiger charge is -2.57. The van der Waals surface area contributed by atoms with Crippen LogP contribution in [0, 0.1) is 29.0 Å². The van der Waals surface area contributed by atoms with Crippen molar-refractivity contribution in [3.63, 3.8) is 0 Å². The molecule has 0 atom stereocenters. The first-order chi connectivity index (χ1) is 14.0. The number of nitrogens with zero attached hydrogens (tertiary/aromatic N) is 2. The second-order valence-electron chi connectivity index (χ2n) is 9.76. The van der Waals surface area contributed by atoms with Gasteiger partial charge in [-0.2, -0.15) is 0 Å². The van der Waals surface area contributed by atoms with Crippen molar-refractivity contribution < 1.29 is 14.0 Å². The Bertz CT molecular complexity index is 751. The van der Waals surface area contributed by atoms with Crippen LogP contribution in [0.4, 0.5) is 9.18 Å². The Balaban J connectivity index is 1.14. The zero-order valence-corrected chi connectivity index (χ0v) is 16.9. The lowest BCUT2D eigenvalue weighted by Crippen LogP contribution is -2.59. The maximum absolute atomic E-state index is 13.4. The van der Waals surface area contributed by atoms with Gasteiger partial charge in [0.15, 0.2) is 0 Å². The third-order valence-corrected chi connectivity index (χ3v) is 7.70. The monoisotopic (exact) mass is 399 g/mol. The van der Waals surface area contributed by atoms with Gasteiger partial charge in [0.1, 0.15) is 5.82 Å². The highest BCUT2D eigenvalue weighted by molar-refractivity contribution is 5.84. The highest BCUT2D eigenvalue weighted by atomic mass is 19.1. The van der Waals surface area contributed by atoms with E-state index in [4.69, 9.17) is 0 Å². The standard InChI is InChI=1S/C23H30FN3O2/c24-20-3-1-16(2-4-20)15-25-22(29)27-7-5-26(6-8-27)21(28)23-12-17-9-18(13-23)11-19(10-17)14-23/h1-4,17-19H,5-15H2,(H,25,29). The summed E-state index contributed by atoms with van der Waals surface area (Å²) < 4.78 is 13.0. The number of amides is 3. The molecule has 0 spiro atoms. The number of benzene rings is 1. The molecule has 5 aliphatic rings. The van der Waals surface area contributed by atoms with E-state index in [1.807, 2.05) is 4.90 Å². The summed E-state index contributed by atoms with van der Waals surface area (Å²) in [4.78, 5) is 29.7. The third kappa shape index (κ3) is 3.62. The van der Waals surface area contributed by atoms with Crippen LogP contribution in [-0.4, -0.2) is 47.9 Å². The second-order valence-corrected chi connectivity index (χ2v) is 9.76. The predicted octanol–water partition coefficient (Wildman–Crippen LogP) is 3.40. The molecule has 1 aromatic carbocycles. The molecule has 1 aliphatic heterocycles. The highest BCUT2D eigenvalue weighted by Crippen LogP contribution is 2.60. The highest BCUT2D eigenvalue weighted by Gasteiger charge is 2.55. The quantitative estimate of drug-likeness (QED) is 0.847. The number of halogens is 1. The Morgan fingerprint density at radius 2 is 1.41 bits per heavy atom. The smallest absolute Gasteiger partial charge is 0.317 e. The lowest BCUT2D eigenvalue weighted by molar-refractivity contribution is -0.159. The molecule has 6 rings (SSSR count). The largest absolute Gasteiger partial charge is 0.339 e. The van der Waals surface area contributed by atoms with E-state index in [0.717, 1.165) is 42.6 Å². The molecular weight excluding hydrogens is 369 g/mol. The van der Waals surface area contributed by atoms with Gasteiger partial charge in [0, 0.05) is 32.7 Å². The molecule has 1 heterocycles. The minimum absolute atomic E-state index is 0.0955. The van der Waals surface area contributed by atoms with Gasteiger partial charge in [-0.1, -0.05) is 12.1 Å². The summed E-state index contributed by atoms with van der Waals surface area (Å²) in [5.41, 5.74) is 0.775. The van der Waals surface area contributed by atoms with Crippen molar-refractivity contribution >= 4 is 11.9 Å². The number of urea groups is 1. The van der Waals surface area contributed by atoms with Crippen molar-refractivity contribution in [3.8, 4) is 0 Å². The Hall–Kier alpha value is -2.11. The van der Waals surface area contributed by atoms with Crippen LogP contribution in [-0.2, 0) is 11.3 Å². The fourth-order valence-electron chi connectivity index (χ4n) is 6.71. The fraction of sp³-hybridized carbons (Fsp3) is 0.652. The van der Waals surface area contributed by atoms with Crippen molar-refractivity contribution in [2.45, 2.75) is 45.1 Å². The maximum Gasteiger partial charge on any atom is 0.317 e. The van der Waals surface area contributed by atoms with Gasteiger partial charge >= 0.3 is 6.03 Å². The zero-order valence-electron chi connectivity index (χ0n) is 16.9. The molecule has 0 radical (unpaired) electrons. The number of carbonyl (C=O) groups excluding carboxylic acids is 2. The summed E-state index contributed by atoms with van der Waals surface area (Å²) in [5.74, 6) is 2.39. The van der Waals surface area contributed by atoms with Crippen molar-refractivity contribution in [3.05, 3.63) is 35.6 Å². The molecule has 5 nitrogen and oxygen atoms in total. The van der Waals surface area contributed by atoms with Crippen LogP contribution >= 0.6 is 0 Å². The number of hydrogen-bond donors (Lipinski definition) is 1. The molecule has 29 heavy (non-hydrogen) atoms. The molecule has 4 saturated carbocycles. The average Bonchev–Trinajstić information content (AvgIpc) is 2.72. The van der Waals surface area contributed by atoms with Crippen molar-refractivity contribution in [1.82, 2.24) is 15.1 Å². The SMILES string of the molecule is O=C(NCc1ccc(F)cc1)N1CCN(C(=O)C23CC4CC(CC(C4)C2)C3)CC1. The van der Waals surface area contributed by atoms with E-state index < -0.39 is 0 Å². The van der Waals surface area contributed by atoms with E-state index in [2.05, 4.69) is 5.32 Å². The minimum atomic E-state index is -0.278. The molecule has 4 aliphatic carbocycles. The van der Waals surface area contributed by atoms with Gasteiger partial charge in [0.2, 0.25) is 5.91 Å². The van der Waals surface area contributed by atoms with Gasteiger partial charge in [0.05, 0.1) is 5.41 Å². The van der Waals surface area contributed by atoms with Crippen LogP contribution in [0.1, 0.15) is 44.1 Å². The lowest BCUT2D eigenvalue weighted by atomic mass is 9.49. The Labute approximate surface area is 171 Å². The fourth-order valence-corrected chi connectivity index (χ4v) is 6.71. The van der Waals surface area contributed by atoms with Gasteiger partial charge in [-0.3, -0.25) is 4.79 Å². The summed E-state index contributed by atoms with van der Waals surface area (Å²) in [6.45, 7) is 2.79. The zero-order chi connectivity index (χ0) is 20.0. The van der Waals surface area contributed by atoms with E-state index in [-0.39, 0.29) is 17.3 Å². The van der Waals surface area contributed by atoms with Gasteiger partial charge in [-0.15, -0.1) is 0 Å². The summed E-state index contributed by atoms with van der Waals surface area (Å²) in [6.07, 6.45) is 7.31. The summed E-state index contributed by atoms with van der Waals surface area (Å²) >= 11 is 0. The molecule has 156 valence electrons. The van der Waals surface area contributed by atoms with Gasteiger partial charge in [-0.25, -0.2) is 9.18 Å². The molecule has 1 saturated heterocycles. The Kier molecular flexibility index (Phi) is 4.75. The average molecular weight is 400 g/mol. The summed E-state index contributed by atoms with van der Waals surface area (Å²) in [5, 5.41) is 2.90. The summed E-state index contributed by atoms with van der Waals surface area (Å²) in [6, 6.07) is 6.04. The number of hydrogen-bond acceptors (Lipinski definition) is 2. The van der Waals surface area contributed by atoms with Crippen LogP contribution in [0.5, 0.6) is 0 Å². The molecule has 0 unspecified atom stereocenters. The van der Waals surface area contributed by atoms with E-state index in [1.165, 1.54) is 31.4 Å². The van der Waals surface area contributed by atoms with Gasteiger partial charge in [0.25, 0.3) is 0 Å². The Morgan fingerprint density at radius 1 is 0.897 bits per heavy atom. The molecular formula is C23H30FN3O2. The molecule has 4 bridgehead atoms. The topological polar surface area (TPSA) is 52.7 Å². The van der Waals surface area contributed by atoms with Crippen molar-refractivity contribution in [2.75, 3.05) is 26.2 Å². The third-order valence-electron chi connectivity index (χ3n) is 7.70. The number of nitrogens with one attached hydrogen (secondary N) is 1. The number of carbonyl (C=O) groups is 2. The molecule has 3 amide bonds. The predicted molar refractivity (Wildman–Crippen MR) is 107 cm³/mol. The van der Waals surface area contributed by atoms with Gasteiger partial charge < -0.3 is 15.1 Å². The molecule has 0 aromatic heterocycles. The number of rotatable bonds is 3. The van der Waals surface area contributed by atoms with Crippen molar-refractivity contribution in [2.24, 2.45) is 23.2 Å². The van der Waals surface area contributed by atoms with E-state index >= 15 is 0 Å². The first-order valence-corrected chi connectivity index (χ1v) is 11.1. The van der Waals surface area contributed by atoms with Crippen LogP contribution in [0.15, 0.2) is 24.3 Å². The Morgan fingerprint density at radius 3 is 1.97 bits per heavy atom. The van der Waals surface area contributed by atoms with Crippen molar-refractivity contribution in [1.29, 1.82) is 0 Å². The molecule has 1 N–H and O–H groups in total.